The van der Waals surface area contributed by atoms with Gasteiger partial charge in [0.1, 0.15) is 5.69 Å². The number of nitro groups is 2. The van der Waals surface area contributed by atoms with Crippen molar-refractivity contribution in [3.63, 3.8) is 0 Å². The second-order valence-corrected chi connectivity index (χ2v) is 5.36. The normalized spacial score (nSPS) is 11.2. The van der Waals surface area contributed by atoms with Crippen LogP contribution in [0.1, 0.15) is 18.9 Å². The molecular formula is C16H14F3N3O4. The monoisotopic (exact) mass is 369 g/mol. The molecular weight excluding hydrogens is 355 g/mol. The van der Waals surface area contributed by atoms with Gasteiger partial charge in [-0.3, -0.25) is 20.2 Å². The summed E-state index contributed by atoms with van der Waals surface area (Å²) in [4.78, 5) is 21.4. The minimum Gasteiger partial charge on any atom is -0.335 e. The highest BCUT2D eigenvalue weighted by Crippen LogP contribution is 2.46. The summed E-state index contributed by atoms with van der Waals surface area (Å²) in [5, 5.41) is 22.3. The van der Waals surface area contributed by atoms with E-state index in [2.05, 4.69) is 0 Å². The zero-order valence-corrected chi connectivity index (χ0v) is 13.6. The molecule has 0 unspecified atom stereocenters. The molecule has 7 nitrogen and oxygen atoms in total. The summed E-state index contributed by atoms with van der Waals surface area (Å²) in [5.74, 6) is 0. The van der Waals surface area contributed by atoms with Crippen molar-refractivity contribution >= 4 is 22.7 Å². The number of hydrogen-bond donors (Lipinski definition) is 0. The first-order valence-electron chi connectivity index (χ1n) is 7.53. The van der Waals surface area contributed by atoms with E-state index in [1.54, 1.807) is 25.1 Å². The van der Waals surface area contributed by atoms with Crippen LogP contribution in [0.4, 0.5) is 35.9 Å². The highest BCUT2D eigenvalue weighted by atomic mass is 19.4. The average molecular weight is 369 g/mol. The third kappa shape index (κ3) is 3.90. The second-order valence-electron chi connectivity index (χ2n) is 5.36. The Bertz CT molecular complexity index is 825. The number of rotatable bonds is 6. The maximum absolute atomic E-state index is 13.6. The lowest BCUT2D eigenvalue weighted by Gasteiger charge is -2.27. The number of halogens is 3. The summed E-state index contributed by atoms with van der Waals surface area (Å²) in [7, 11) is 0. The molecule has 0 N–H and O–H groups in total. The zero-order chi connectivity index (χ0) is 19.5. The number of hydrogen-bond acceptors (Lipinski definition) is 5. The van der Waals surface area contributed by atoms with Crippen LogP contribution in [0, 0.1) is 20.2 Å². The number of nitrogens with zero attached hydrogens (tertiary/aromatic N) is 3. The van der Waals surface area contributed by atoms with Gasteiger partial charge in [-0.1, -0.05) is 25.1 Å². The fourth-order valence-electron chi connectivity index (χ4n) is 2.55. The van der Waals surface area contributed by atoms with E-state index in [9.17, 15) is 33.4 Å². The van der Waals surface area contributed by atoms with Crippen molar-refractivity contribution in [2.24, 2.45) is 0 Å². The number of anilines is 2. The fourth-order valence-corrected chi connectivity index (χ4v) is 2.55. The lowest BCUT2D eigenvalue weighted by Crippen LogP contribution is -2.23. The Kier molecular flexibility index (Phi) is 5.44. The first-order chi connectivity index (χ1) is 12.2. The van der Waals surface area contributed by atoms with Crippen molar-refractivity contribution < 1.29 is 23.0 Å². The van der Waals surface area contributed by atoms with E-state index in [4.69, 9.17) is 0 Å². The average Bonchev–Trinajstić information content (AvgIpc) is 2.58. The zero-order valence-electron chi connectivity index (χ0n) is 13.6. The molecule has 2 aromatic rings. The predicted molar refractivity (Wildman–Crippen MR) is 88.5 cm³/mol. The van der Waals surface area contributed by atoms with Gasteiger partial charge in [-0.2, -0.15) is 13.2 Å². The van der Waals surface area contributed by atoms with Crippen LogP contribution in [0.3, 0.4) is 0 Å². The Balaban J connectivity index is 2.86. The standard InChI is InChI=1S/C16H14F3N3O4/c1-2-8-20(11-6-4-3-5-7-11)15-13(16(17,18)19)9-12(21(23)24)10-14(15)22(25)26/h3-7,9-10H,2,8H2,1H3. The molecule has 2 aromatic carbocycles. The molecule has 0 saturated carbocycles. The Hall–Kier alpha value is -3.17. The van der Waals surface area contributed by atoms with Crippen molar-refractivity contribution in [3.8, 4) is 0 Å². The molecule has 2 rings (SSSR count). The van der Waals surface area contributed by atoms with Crippen LogP contribution in [0.15, 0.2) is 42.5 Å². The van der Waals surface area contributed by atoms with Crippen LogP contribution in [-0.4, -0.2) is 16.4 Å². The quantitative estimate of drug-likeness (QED) is 0.524. The van der Waals surface area contributed by atoms with Crippen LogP contribution >= 0.6 is 0 Å². The first-order valence-corrected chi connectivity index (χ1v) is 7.53. The van der Waals surface area contributed by atoms with Gasteiger partial charge in [0.2, 0.25) is 0 Å². The van der Waals surface area contributed by atoms with Crippen LogP contribution in [0.25, 0.3) is 0 Å². The van der Waals surface area contributed by atoms with Crippen LogP contribution in [0.2, 0.25) is 0 Å². The molecule has 26 heavy (non-hydrogen) atoms. The molecule has 0 atom stereocenters. The third-order valence-corrected chi connectivity index (χ3v) is 3.57. The fraction of sp³-hybridized carbons (Fsp3) is 0.250. The van der Waals surface area contributed by atoms with E-state index in [0.717, 1.165) is 4.90 Å². The summed E-state index contributed by atoms with van der Waals surface area (Å²) in [5.41, 5.74) is -3.77. The number of non-ortho nitro benzene ring substituents is 1. The van der Waals surface area contributed by atoms with Gasteiger partial charge in [-0.15, -0.1) is 0 Å². The molecule has 0 spiro atoms. The highest BCUT2D eigenvalue weighted by molar-refractivity contribution is 5.78. The summed E-state index contributed by atoms with van der Waals surface area (Å²) in [6.07, 6.45) is -4.60. The summed E-state index contributed by atoms with van der Waals surface area (Å²) in [6.45, 7) is 1.77. The minimum atomic E-state index is -5.01. The Morgan fingerprint density at radius 3 is 2.12 bits per heavy atom. The molecule has 0 heterocycles. The highest BCUT2D eigenvalue weighted by Gasteiger charge is 2.41. The summed E-state index contributed by atoms with van der Waals surface area (Å²) < 4.78 is 40.7. The van der Waals surface area contributed by atoms with E-state index >= 15 is 0 Å². The molecule has 138 valence electrons. The maximum atomic E-state index is 13.6. The maximum Gasteiger partial charge on any atom is 0.418 e. The lowest BCUT2D eigenvalue weighted by molar-refractivity contribution is -0.394. The smallest absolute Gasteiger partial charge is 0.335 e. The molecule has 0 fully saturated rings. The molecule has 0 bridgehead atoms. The van der Waals surface area contributed by atoms with Crippen molar-refractivity contribution in [2.75, 3.05) is 11.4 Å². The Morgan fingerprint density at radius 2 is 1.65 bits per heavy atom. The van der Waals surface area contributed by atoms with Crippen molar-refractivity contribution in [3.05, 3.63) is 68.3 Å². The molecule has 0 aliphatic rings. The Labute approximate surface area is 146 Å². The van der Waals surface area contributed by atoms with E-state index in [1.807, 2.05) is 0 Å². The largest absolute Gasteiger partial charge is 0.418 e. The van der Waals surface area contributed by atoms with Crippen LogP contribution in [-0.2, 0) is 6.18 Å². The number of nitro benzene ring substituents is 2. The molecule has 0 aromatic heterocycles. The van der Waals surface area contributed by atoms with Crippen molar-refractivity contribution in [1.29, 1.82) is 0 Å². The van der Waals surface area contributed by atoms with Gasteiger partial charge in [0, 0.05) is 18.3 Å². The second kappa shape index (κ2) is 7.38. The van der Waals surface area contributed by atoms with E-state index in [0.29, 0.717) is 24.2 Å². The SMILES string of the molecule is CCCN(c1ccccc1)c1c([N+](=O)[O-])cc([N+](=O)[O-])cc1C(F)(F)F. The van der Waals surface area contributed by atoms with Gasteiger partial charge >= 0.3 is 6.18 Å². The summed E-state index contributed by atoms with van der Waals surface area (Å²) >= 11 is 0. The van der Waals surface area contributed by atoms with E-state index < -0.39 is 38.6 Å². The molecule has 0 aliphatic carbocycles. The van der Waals surface area contributed by atoms with Crippen molar-refractivity contribution in [1.82, 2.24) is 0 Å². The van der Waals surface area contributed by atoms with Gasteiger partial charge in [0.15, 0.2) is 0 Å². The third-order valence-electron chi connectivity index (χ3n) is 3.57. The van der Waals surface area contributed by atoms with Gasteiger partial charge in [-0.05, 0) is 18.6 Å². The van der Waals surface area contributed by atoms with Gasteiger partial charge in [-0.25, -0.2) is 0 Å². The molecule has 0 amide bonds. The van der Waals surface area contributed by atoms with Crippen molar-refractivity contribution in [2.45, 2.75) is 19.5 Å². The predicted octanol–water partition coefficient (Wildman–Crippen LogP) is 5.07. The lowest BCUT2D eigenvalue weighted by atomic mass is 10.1. The molecule has 0 radical (unpaired) electrons. The molecule has 0 aliphatic heterocycles. The number of para-hydroxylation sites is 1. The van der Waals surface area contributed by atoms with Gasteiger partial charge in [0.25, 0.3) is 11.4 Å². The topological polar surface area (TPSA) is 89.5 Å². The minimum absolute atomic E-state index is 0.0613. The number of benzene rings is 2. The van der Waals surface area contributed by atoms with Gasteiger partial charge in [0.05, 0.1) is 21.5 Å². The van der Waals surface area contributed by atoms with Gasteiger partial charge < -0.3 is 4.90 Å². The van der Waals surface area contributed by atoms with Crippen LogP contribution < -0.4 is 4.90 Å². The molecule has 0 saturated heterocycles. The molecule has 10 heteroatoms. The summed E-state index contributed by atoms with van der Waals surface area (Å²) in [6, 6.07) is 8.74. The van der Waals surface area contributed by atoms with E-state index in [-0.39, 0.29) is 6.54 Å². The Morgan fingerprint density at radius 1 is 1.04 bits per heavy atom. The van der Waals surface area contributed by atoms with E-state index in [1.165, 1.54) is 12.1 Å². The van der Waals surface area contributed by atoms with Crippen LogP contribution in [0.5, 0.6) is 0 Å². The number of alkyl halides is 3. The first kappa shape index (κ1) is 19.2.